The van der Waals surface area contributed by atoms with Gasteiger partial charge in [0, 0.05) is 33.0 Å². The Balaban J connectivity index is 1.85. The van der Waals surface area contributed by atoms with E-state index in [-0.39, 0.29) is 17.9 Å². The Morgan fingerprint density at radius 1 is 1.21 bits per heavy atom. The van der Waals surface area contributed by atoms with Crippen LogP contribution in [0.4, 0.5) is 0 Å². The molecule has 0 radical (unpaired) electrons. The fourth-order valence-electron chi connectivity index (χ4n) is 2.77. The van der Waals surface area contributed by atoms with Crippen LogP contribution in [0.5, 0.6) is 0 Å². The van der Waals surface area contributed by atoms with Crippen LogP contribution in [0.2, 0.25) is 0 Å². The molecule has 2 aromatic heterocycles. The molecule has 1 aliphatic heterocycles. The van der Waals surface area contributed by atoms with E-state index in [0.717, 1.165) is 24.3 Å². The van der Waals surface area contributed by atoms with Crippen molar-refractivity contribution in [3.05, 3.63) is 40.4 Å². The zero-order valence-electron chi connectivity index (χ0n) is 13.7. The van der Waals surface area contributed by atoms with Crippen LogP contribution in [0.3, 0.4) is 0 Å². The number of thiazole rings is 1. The third-order valence-corrected chi connectivity index (χ3v) is 5.08. The fourth-order valence-corrected chi connectivity index (χ4v) is 3.85. The summed E-state index contributed by atoms with van der Waals surface area (Å²) in [5.41, 5.74) is 0.477. The lowest BCUT2D eigenvalue weighted by Crippen LogP contribution is -2.38. The van der Waals surface area contributed by atoms with Crippen LogP contribution in [0.25, 0.3) is 0 Å². The highest BCUT2D eigenvalue weighted by molar-refractivity contribution is 7.13. The van der Waals surface area contributed by atoms with Crippen molar-refractivity contribution in [2.24, 2.45) is 0 Å². The van der Waals surface area contributed by atoms with Gasteiger partial charge < -0.3 is 9.80 Å². The number of hydrogen-bond donors (Lipinski definition) is 0. The Morgan fingerprint density at radius 3 is 2.67 bits per heavy atom. The Morgan fingerprint density at radius 2 is 1.96 bits per heavy atom. The highest BCUT2D eigenvalue weighted by Crippen LogP contribution is 2.34. The first-order chi connectivity index (χ1) is 11.6. The van der Waals surface area contributed by atoms with Crippen LogP contribution in [0.15, 0.2) is 24.9 Å². The summed E-state index contributed by atoms with van der Waals surface area (Å²) in [6.07, 6.45) is 8.92. The van der Waals surface area contributed by atoms with Crippen LogP contribution in [0, 0.1) is 0 Å². The second kappa shape index (κ2) is 7.04. The van der Waals surface area contributed by atoms with Crippen LogP contribution in [0.1, 0.15) is 50.3 Å². The minimum atomic E-state index is -0.0971. The molecule has 1 aliphatic rings. The molecule has 2 aromatic rings. The van der Waals surface area contributed by atoms with E-state index in [4.69, 9.17) is 0 Å². The second-order valence-corrected chi connectivity index (χ2v) is 6.96. The van der Waals surface area contributed by atoms with E-state index >= 15 is 0 Å². The molecule has 0 unspecified atom stereocenters. The lowest BCUT2D eigenvalue weighted by atomic mass is 10.0. The van der Waals surface area contributed by atoms with E-state index in [1.807, 2.05) is 4.90 Å². The summed E-state index contributed by atoms with van der Waals surface area (Å²) in [5.74, 6) is -0.153. The number of aromatic nitrogens is 3. The number of piperidine rings is 1. The van der Waals surface area contributed by atoms with Gasteiger partial charge in [-0.3, -0.25) is 9.59 Å². The monoisotopic (exact) mass is 345 g/mol. The summed E-state index contributed by atoms with van der Waals surface area (Å²) in [5, 5.41) is 0.810. The van der Waals surface area contributed by atoms with Crippen molar-refractivity contribution in [2.45, 2.75) is 25.3 Å². The van der Waals surface area contributed by atoms with Gasteiger partial charge >= 0.3 is 0 Å². The van der Waals surface area contributed by atoms with Gasteiger partial charge in [0.05, 0.1) is 17.8 Å². The molecular formula is C16H19N5O2S. The van der Waals surface area contributed by atoms with Gasteiger partial charge in [0.2, 0.25) is 0 Å². The molecule has 0 spiro atoms. The normalized spacial score (nSPS) is 17.6. The summed E-state index contributed by atoms with van der Waals surface area (Å²) >= 11 is 1.36. The number of nitrogens with zero attached hydrogens (tertiary/aromatic N) is 5. The van der Waals surface area contributed by atoms with Gasteiger partial charge in [0.1, 0.15) is 16.2 Å². The molecule has 3 rings (SSSR count). The molecule has 2 amide bonds. The fraction of sp³-hybridized carbons (Fsp3) is 0.438. The maximum absolute atomic E-state index is 12.8. The Kier molecular flexibility index (Phi) is 4.84. The van der Waals surface area contributed by atoms with Crippen molar-refractivity contribution in [1.82, 2.24) is 24.8 Å². The first kappa shape index (κ1) is 16.5. The van der Waals surface area contributed by atoms with Gasteiger partial charge in [-0.2, -0.15) is 0 Å². The lowest BCUT2D eigenvalue weighted by Gasteiger charge is -2.34. The molecule has 0 saturated carbocycles. The van der Waals surface area contributed by atoms with Crippen LogP contribution >= 0.6 is 11.3 Å². The summed E-state index contributed by atoms with van der Waals surface area (Å²) in [7, 11) is 3.43. The molecule has 0 aromatic carbocycles. The molecule has 1 saturated heterocycles. The smallest absolute Gasteiger partial charge is 0.265 e. The van der Waals surface area contributed by atoms with Gasteiger partial charge in [-0.25, -0.2) is 15.0 Å². The summed E-state index contributed by atoms with van der Waals surface area (Å²) < 4.78 is 0. The van der Waals surface area contributed by atoms with Crippen molar-refractivity contribution in [1.29, 1.82) is 0 Å². The molecule has 126 valence electrons. The topological polar surface area (TPSA) is 79.3 Å². The summed E-state index contributed by atoms with van der Waals surface area (Å²) in [6.45, 7) is 0.676. The number of amides is 2. The Bertz CT molecular complexity index is 731. The molecule has 7 nitrogen and oxygen atoms in total. The largest absolute Gasteiger partial charge is 0.344 e. The zero-order valence-corrected chi connectivity index (χ0v) is 14.5. The van der Waals surface area contributed by atoms with Crippen LogP contribution in [-0.2, 0) is 0 Å². The van der Waals surface area contributed by atoms with Gasteiger partial charge in [0.25, 0.3) is 11.8 Å². The van der Waals surface area contributed by atoms with E-state index in [1.54, 1.807) is 20.3 Å². The van der Waals surface area contributed by atoms with Crippen LogP contribution in [-0.4, -0.2) is 57.2 Å². The molecule has 8 heteroatoms. The molecule has 0 bridgehead atoms. The minimum absolute atomic E-state index is 0.0658. The second-order valence-electron chi connectivity index (χ2n) is 5.90. The van der Waals surface area contributed by atoms with Gasteiger partial charge in [0.15, 0.2) is 0 Å². The Labute approximate surface area is 144 Å². The molecule has 0 N–H and O–H groups in total. The maximum Gasteiger partial charge on any atom is 0.265 e. The number of rotatable bonds is 3. The first-order valence-electron chi connectivity index (χ1n) is 7.81. The average molecular weight is 345 g/mol. The number of hydrogen-bond acceptors (Lipinski definition) is 6. The minimum Gasteiger partial charge on any atom is -0.344 e. The Hall–Kier alpha value is -2.35. The lowest BCUT2D eigenvalue weighted by molar-refractivity contribution is 0.0610. The highest BCUT2D eigenvalue weighted by Gasteiger charge is 2.31. The predicted octanol–water partition coefficient (Wildman–Crippen LogP) is 2.00. The number of carbonyl (C=O) groups excluding carboxylic acids is 2. The van der Waals surface area contributed by atoms with Crippen molar-refractivity contribution >= 4 is 23.2 Å². The van der Waals surface area contributed by atoms with Crippen molar-refractivity contribution < 1.29 is 9.59 Å². The van der Waals surface area contributed by atoms with Crippen molar-refractivity contribution in [3.8, 4) is 0 Å². The quantitative estimate of drug-likeness (QED) is 0.850. The molecule has 1 fully saturated rings. The third kappa shape index (κ3) is 3.28. The van der Waals surface area contributed by atoms with Crippen LogP contribution < -0.4 is 0 Å². The molecule has 0 aliphatic carbocycles. The van der Waals surface area contributed by atoms with E-state index in [0.29, 0.717) is 17.0 Å². The molecule has 24 heavy (non-hydrogen) atoms. The van der Waals surface area contributed by atoms with E-state index in [9.17, 15) is 9.59 Å². The number of carbonyl (C=O) groups is 2. The molecule has 3 heterocycles. The maximum atomic E-state index is 12.8. The average Bonchev–Trinajstić information content (AvgIpc) is 3.11. The van der Waals surface area contributed by atoms with E-state index in [1.165, 1.54) is 35.0 Å². The number of likely N-dealkylation sites (tertiary alicyclic amines) is 1. The van der Waals surface area contributed by atoms with Gasteiger partial charge in [-0.05, 0) is 19.3 Å². The van der Waals surface area contributed by atoms with Gasteiger partial charge in [-0.1, -0.05) is 0 Å². The third-order valence-electron chi connectivity index (χ3n) is 4.00. The molecular weight excluding hydrogens is 326 g/mol. The van der Waals surface area contributed by atoms with Crippen molar-refractivity contribution in [3.63, 3.8) is 0 Å². The van der Waals surface area contributed by atoms with E-state index in [2.05, 4.69) is 15.0 Å². The molecule has 1 atom stereocenters. The standard InChI is InChI=1S/C16H19N5O2S/c1-20(2)16(23)13-9-19-14(24-13)12-5-3-4-6-21(12)15(22)11-7-17-10-18-8-11/h7-10,12H,3-6H2,1-2H3/t12-/m0/s1. The summed E-state index contributed by atoms with van der Waals surface area (Å²) in [6, 6.07) is -0.0971. The van der Waals surface area contributed by atoms with Crippen molar-refractivity contribution in [2.75, 3.05) is 20.6 Å². The summed E-state index contributed by atoms with van der Waals surface area (Å²) in [4.78, 5) is 41.1. The van der Waals surface area contributed by atoms with Gasteiger partial charge in [-0.15, -0.1) is 11.3 Å². The first-order valence-corrected chi connectivity index (χ1v) is 8.63. The highest BCUT2D eigenvalue weighted by atomic mass is 32.1. The predicted molar refractivity (Wildman–Crippen MR) is 89.8 cm³/mol. The SMILES string of the molecule is CN(C)C(=O)c1cnc([C@@H]2CCCCN2C(=O)c2cncnc2)s1. The zero-order chi connectivity index (χ0) is 17.1. The van der Waals surface area contributed by atoms with E-state index < -0.39 is 0 Å².